The van der Waals surface area contributed by atoms with Gasteiger partial charge < -0.3 is 15.1 Å². The van der Waals surface area contributed by atoms with Crippen molar-refractivity contribution in [3.05, 3.63) is 48.0 Å². The van der Waals surface area contributed by atoms with Crippen molar-refractivity contribution in [2.45, 2.75) is 6.04 Å². The van der Waals surface area contributed by atoms with Crippen LogP contribution < -0.4 is 5.32 Å². The zero-order chi connectivity index (χ0) is 17.6. The summed E-state index contributed by atoms with van der Waals surface area (Å²) in [6.07, 6.45) is 2.68. The second-order valence-electron chi connectivity index (χ2n) is 6.42. The lowest BCUT2D eigenvalue weighted by Crippen LogP contribution is -2.57. The van der Waals surface area contributed by atoms with E-state index in [0.29, 0.717) is 35.5 Å². The molecule has 4 rings (SSSR count). The van der Waals surface area contributed by atoms with E-state index in [1.54, 1.807) is 29.3 Å². The maximum Gasteiger partial charge on any atom is 0.256 e. The Hall–Kier alpha value is -2.80. The van der Waals surface area contributed by atoms with Crippen LogP contribution in [0.2, 0.25) is 0 Å². The third-order valence-electron chi connectivity index (χ3n) is 4.69. The molecule has 1 saturated heterocycles. The number of hydrogen-bond acceptors (Lipinski definition) is 4. The Morgan fingerprint density at radius 3 is 2.80 bits per heavy atom. The van der Waals surface area contributed by atoms with Crippen molar-refractivity contribution in [2.24, 2.45) is 0 Å². The molecule has 1 aromatic heterocycles. The van der Waals surface area contributed by atoms with Gasteiger partial charge in [-0.2, -0.15) is 0 Å². The highest BCUT2D eigenvalue weighted by Crippen LogP contribution is 2.30. The smallest absolute Gasteiger partial charge is 0.256 e. The van der Waals surface area contributed by atoms with Gasteiger partial charge in [0.1, 0.15) is 11.9 Å². The second-order valence-corrected chi connectivity index (χ2v) is 6.42. The topological polar surface area (TPSA) is 65.5 Å². The van der Waals surface area contributed by atoms with Gasteiger partial charge in [0.05, 0.1) is 17.4 Å². The van der Waals surface area contributed by atoms with E-state index >= 15 is 0 Å². The number of rotatable bonds is 1. The molecular formula is C18H17FN4O2. The highest BCUT2D eigenvalue weighted by atomic mass is 19.1. The van der Waals surface area contributed by atoms with Crippen LogP contribution in [0.4, 0.5) is 10.1 Å². The fourth-order valence-electron chi connectivity index (χ4n) is 3.34. The molecular weight excluding hydrogens is 323 g/mol. The monoisotopic (exact) mass is 340 g/mol. The van der Waals surface area contributed by atoms with Crippen molar-refractivity contribution in [3.63, 3.8) is 0 Å². The lowest BCUT2D eigenvalue weighted by Gasteiger charge is -2.37. The summed E-state index contributed by atoms with van der Waals surface area (Å²) in [4.78, 5) is 33.0. The second kappa shape index (κ2) is 5.93. The van der Waals surface area contributed by atoms with Gasteiger partial charge in [0.15, 0.2) is 0 Å². The van der Waals surface area contributed by atoms with Crippen LogP contribution in [0.3, 0.4) is 0 Å². The summed E-state index contributed by atoms with van der Waals surface area (Å²) in [5.74, 6) is -0.803. The Morgan fingerprint density at radius 2 is 2.00 bits per heavy atom. The minimum Gasteiger partial charge on any atom is -0.324 e. The lowest BCUT2D eigenvalue weighted by atomic mass is 10.0. The van der Waals surface area contributed by atoms with Crippen molar-refractivity contribution >= 4 is 17.5 Å². The van der Waals surface area contributed by atoms with E-state index in [9.17, 15) is 14.0 Å². The molecule has 1 unspecified atom stereocenters. The fourth-order valence-corrected chi connectivity index (χ4v) is 3.34. The molecule has 0 saturated carbocycles. The number of aromatic nitrogens is 1. The van der Waals surface area contributed by atoms with Crippen molar-refractivity contribution in [1.29, 1.82) is 0 Å². The van der Waals surface area contributed by atoms with Crippen LogP contribution in [0.25, 0.3) is 11.1 Å². The minimum absolute atomic E-state index is 0.182. The van der Waals surface area contributed by atoms with Gasteiger partial charge in [0.25, 0.3) is 5.91 Å². The molecule has 1 N–H and O–H groups in total. The number of likely N-dealkylation sites (N-methyl/N-ethyl adjacent to an activating group) is 1. The van der Waals surface area contributed by atoms with Crippen LogP contribution >= 0.6 is 0 Å². The first-order valence-electron chi connectivity index (χ1n) is 8.08. The summed E-state index contributed by atoms with van der Waals surface area (Å²) >= 11 is 0. The summed E-state index contributed by atoms with van der Waals surface area (Å²) in [5, 5.41) is 2.84. The molecule has 6 nitrogen and oxygen atoms in total. The fraction of sp³-hybridized carbons (Fsp3) is 0.278. The van der Waals surface area contributed by atoms with E-state index in [1.165, 1.54) is 6.07 Å². The van der Waals surface area contributed by atoms with Gasteiger partial charge in [0.2, 0.25) is 5.91 Å². The summed E-state index contributed by atoms with van der Waals surface area (Å²) in [7, 11) is 1.93. The molecule has 25 heavy (non-hydrogen) atoms. The normalized spacial score (nSPS) is 20.6. The van der Waals surface area contributed by atoms with Crippen LogP contribution in [0.15, 0.2) is 36.7 Å². The van der Waals surface area contributed by atoms with E-state index in [-0.39, 0.29) is 11.8 Å². The van der Waals surface area contributed by atoms with Crippen LogP contribution in [0.5, 0.6) is 0 Å². The number of anilines is 1. The van der Waals surface area contributed by atoms with E-state index in [2.05, 4.69) is 10.3 Å². The summed E-state index contributed by atoms with van der Waals surface area (Å²) in [6.45, 7) is 1.73. The predicted molar refractivity (Wildman–Crippen MR) is 90.6 cm³/mol. The number of halogens is 1. The van der Waals surface area contributed by atoms with E-state index in [1.807, 2.05) is 11.9 Å². The van der Waals surface area contributed by atoms with Gasteiger partial charge in [-0.1, -0.05) is 6.07 Å². The molecule has 0 aliphatic carbocycles. The van der Waals surface area contributed by atoms with Gasteiger partial charge in [-0.05, 0) is 30.8 Å². The van der Waals surface area contributed by atoms with Gasteiger partial charge >= 0.3 is 0 Å². The Labute approximate surface area is 144 Å². The molecule has 0 bridgehead atoms. The predicted octanol–water partition coefficient (Wildman–Crippen LogP) is 1.60. The molecule has 2 aromatic rings. The van der Waals surface area contributed by atoms with Crippen LogP contribution in [0, 0.1) is 5.82 Å². The molecule has 1 atom stereocenters. The van der Waals surface area contributed by atoms with Crippen molar-refractivity contribution in [2.75, 3.05) is 32.0 Å². The number of nitrogens with one attached hydrogen (secondary N) is 1. The first-order chi connectivity index (χ1) is 12.0. The van der Waals surface area contributed by atoms with Gasteiger partial charge in [-0.25, -0.2) is 4.39 Å². The summed E-state index contributed by atoms with van der Waals surface area (Å²) < 4.78 is 13.4. The number of carbonyl (C=O) groups is 2. The van der Waals surface area contributed by atoms with Gasteiger partial charge in [-0.15, -0.1) is 0 Å². The average Bonchev–Trinajstić information content (AvgIpc) is 2.70. The van der Waals surface area contributed by atoms with Crippen molar-refractivity contribution < 1.29 is 14.0 Å². The van der Waals surface area contributed by atoms with E-state index < -0.39 is 11.9 Å². The molecule has 3 heterocycles. The summed E-state index contributed by atoms with van der Waals surface area (Å²) in [5.41, 5.74) is 2.17. The average molecular weight is 340 g/mol. The lowest BCUT2D eigenvalue weighted by molar-refractivity contribution is -0.122. The van der Waals surface area contributed by atoms with Crippen LogP contribution in [-0.2, 0) is 4.79 Å². The Bertz CT molecular complexity index is 870. The van der Waals surface area contributed by atoms with Gasteiger partial charge in [0, 0.05) is 31.4 Å². The minimum atomic E-state index is -0.502. The highest BCUT2D eigenvalue weighted by Gasteiger charge is 2.38. The zero-order valence-corrected chi connectivity index (χ0v) is 13.7. The molecule has 1 aromatic carbocycles. The first-order valence-corrected chi connectivity index (χ1v) is 8.08. The Kier molecular flexibility index (Phi) is 3.73. The standard InChI is InChI=1S/C18H17FN4O2/c1-22-4-5-23-16(10-22)17(24)21-15-3-2-11(7-14(15)18(23)25)12-6-13(19)9-20-8-12/h2-3,6-9,16H,4-5,10H2,1H3,(H,21,24). The molecule has 128 valence electrons. The Balaban J connectivity index is 1.77. The third-order valence-corrected chi connectivity index (χ3v) is 4.69. The maximum absolute atomic E-state index is 13.4. The number of benzene rings is 1. The van der Waals surface area contributed by atoms with Crippen molar-refractivity contribution in [3.8, 4) is 11.1 Å². The number of piperazine rings is 1. The van der Waals surface area contributed by atoms with Gasteiger partial charge in [-0.3, -0.25) is 14.6 Å². The number of nitrogens with zero attached hydrogens (tertiary/aromatic N) is 3. The molecule has 7 heteroatoms. The van der Waals surface area contributed by atoms with Crippen LogP contribution in [-0.4, -0.2) is 59.3 Å². The number of pyridine rings is 1. The number of carbonyl (C=O) groups excluding carboxylic acids is 2. The SMILES string of the molecule is CN1CCN2C(=O)c3cc(-c4cncc(F)c4)ccc3NC(=O)C2C1. The molecule has 1 fully saturated rings. The number of amides is 2. The number of fused-ring (bicyclic) bond motifs is 2. The van der Waals surface area contributed by atoms with Crippen LogP contribution in [0.1, 0.15) is 10.4 Å². The van der Waals surface area contributed by atoms with Crippen molar-refractivity contribution in [1.82, 2.24) is 14.8 Å². The summed E-state index contributed by atoms with van der Waals surface area (Å²) in [6, 6.07) is 5.99. The van der Waals surface area contributed by atoms with E-state index in [0.717, 1.165) is 12.7 Å². The third kappa shape index (κ3) is 2.76. The molecule has 0 spiro atoms. The number of hydrogen-bond donors (Lipinski definition) is 1. The quantitative estimate of drug-likeness (QED) is 0.856. The molecule has 2 amide bonds. The maximum atomic E-state index is 13.4. The van der Waals surface area contributed by atoms with E-state index in [4.69, 9.17) is 0 Å². The molecule has 0 radical (unpaired) electrons. The highest BCUT2D eigenvalue weighted by molar-refractivity contribution is 6.10. The Morgan fingerprint density at radius 1 is 1.16 bits per heavy atom. The zero-order valence-electron chi connectivity index (χ0n) is 13.7. The first kappa shape index (κ1) is 15.7. The largest absolute Gasteiger partial charge is 0.324 e. The molecule has 2 aliphatic heterocycles. The molecule has 2 aliphatic rings.